The van der Waals surface area contributed by atoms with Crippen molar-refractivity contribution in [3.63, 3.8) is 0 Å². The Labute approximate surface area is 86.2 Å². The van der Waals surface area contributed by atoms with E-state index in [1.807, 2.05) is 11.9 Å². The first-order valence-electron chi connectivity index (χ1n) is 4.57. The lowest BCUT2D eigenvalue weighted by Crippen LogP contribution is -2.19. The maximum atomic E-state index is 10.6. The number of carboxylic acid groups (broad SMARTS) is 1. The van der Waals surface area contributed by atoms with Gasteiger partial charge in [-0.25, -0.2) is 9.78 Å². The van der Waals surface area contributed by atoms with Crippen molar-refractivity contribution in [2.75, 3.05) is 18.5 Å². The van der Waals surface area contributed by atoms with E-state index in [9.17, 15) is 4.79 Å². The first kappa shape index (κ1) is 9.45. The third kappa shape index (κ3) is 2.04. The summed E-state index contributed by atoms with van der Waals surface area (Å²) in [6.45, 7) is 0.993. The Kier molecular flexibility index (Phi) is 2.41. The number of carboxylic acids is 1. The summed E-state index contributed by atoms with van der Waals surface area (Å²) in [5.74, 6) is -0.162. The van der Waals surface area contributed by atoms with Crippen LogP contribution in [0, 0.1) is 5.92 Å². The smallest absolute Gasteiger partial charge is 0.355 e. The highest BCUT2D eigenvalue weighted by Crippen LogP contribution is 2.31. The van der Waals surface area contributed by atoms with E-state index in [2.05, 4.69) is 4.98 Å². The monoisotopic (exact) mass is 212 g/mol. The summed E-state index contributed by atoms with van der Waals surface area (Å²) in [5.41, 5.74) is 0.146. The van der Waals surface area contributed by atoms with Crippen molar-refractivity contribution in [2.24, 2.45) is 5.92 Å². The van der Waals surface area contributed by atoms with Gasteiger partial charge in [-0.2, -0.15) is 0 Å². The predicted octanol–water partition coefficient (Wildman–Crippen LogP) is 1.69. The second-order valence-electron chi connectivity index (χ2n) is 3.64. The molecule has 0 unspecified atom stereocenters. The predicted molar refractivity (Wildman–Crippen MR) is 55.1 cm³/mol. The molecule has 0 aromatic carbocycles. The van der Waals surface area contributed by atoms with Crippen LogP contribution in [0.1, 0.15) is 23.3 Å². The van der Waals surface area contributed by atoms with Crippen LogP contribution in [0.15, 0.2) is 5.38 Å². The lowest BCUT2D eigenvalue weighted by molar-refractivity contribution is 0.0691. The van der Waals surface area contributed by atoms with Crippen LogP contribution in [-0.4, -0.2) is 29.7 Å². The van der Waals surface area contributed by atoms with Crippen molar-refractivity contribution in [1.29, 1.82) is 0 Å². The van der Waals surface area contributed by atoms with Crippen molar-refractivity contribution in [2.45, 2.75) is 12.8 Å². The molecule has 5 heteroatoms. The summed E-state index contributed by atoms with van der Waals surface area (Å²) in [5, 5.41) is 11.1. The molecule has 4 nitrogen and oxygen atoms in total. The van der Waals surface area contributed by atoms with Gasteiger partial charge in [0.15, 0.2) is 10.8 Å². The van der Waals surface area contributed by atoms with Gasteiger partial charge < -0.3 is 10.0 Å². The molecule has 0 radical (unpaired) electrons. The summed E-state index contributed by atoms with van der Waals surface area (Å²) < 4.78 is 0. The van der Waals surface area contributed by atoms with E-state index < -0.39 is 5.97 Å². The maximum absolute atomic E-state index is 10.6. The Morgan fingerprint density at radius 3 is 3.00 bits per heavy atom. The third-order valence-electron chi connectivity index (χ3n) is 2.27. The highest BCUT2D eigenvalue weighted by atomic mass is 32.1. The number of anilines is 1. The highest BCUT2D eigenvalue weighted by Gasteiger charge is 2.24. The van der Waals surface area contributed by atoms with Crippen LogP contribution < -0.4 is 4.90 Å². The molecule has 0 amide bonds. The lowest BCUT2D eigenvalue weighted by atomic mass is 10.4. The fourth-order valence-corrected chi connectivity index (χ4v) is 2.08. The summed E-state index contributed by atoms with van der Waals surface area (Å²) in [7, 11) is 1.96. The SMILES string of the molecule is CN(CC1CC1)c1nc(C(=O)O)cs1. The number of hydrogen-bond donors (Lipinski definition) is 1. The fraction of sp³-hybridized carbons (Fsp3) is 0.556. The fourth-order valence-electron chi connectivity index (χ4n) is 1.30. The van der Waals surface area contributed by atoms with E-state index in [0.29, 0.717) is 0 Å². The van der Waals surface area contributed by atoms with Gasteiger partial charge in [0.1, 0.15) is 0 Å². The zero-order valence-corrected chi connectivity index (χ0v) is 8.75. The zero-order chi connectivity index (χ0) is 10.1. The summed E-state index contributed by atoms with van der Waals surface area (Å²) in [6, 6.07) is 0. The topological polar surface area (TPSA) is 53.4 Å². The van der Waals surface area contributed by atoms with E-state index in [0.717, 1.165) is 17.6 Å². The summed E-state index contributed by atoms with van der Waals surface area (Å²) >= 11 is 1.39. The molecule has 2 rings (SSSR count). The molecule has 0 atom stereocenters. The van der Waals surface area contributed by atoms with Gasteiger partial charge in [0.2, 0.25) is 0 Å². The highest BCUT2D eigenvalue weighted by molar-refractivity contribution is 7.13. The lowest BCUT2D eigenvalue weighted by Gasteiger charge is -2.14. The molecule has 1 heterocycles. The zero-order valence-electron chi connectivity index (χ0n) is 7.93. The number of rotatable bonds is 4. The quantitative estimate of drug-likeness (QED) is 0.825. The number of carbonyl (C=O) groups is 1. The van der Waals surface area contributed by atoms with Gasteiger partial charge in [0, 0.05) is 19.0 Å². The number of hydrogen-bond acceptors (Lipinski definition) is 4. The molecule has 1 aromatic heterocycles. The van der Waals surface area contributed by atoms with Crippen LogP contribution in [-0.2, 0) is 0 Å². The van der Waals surface area contributed by atoms with Crippen molar-refractivity contribution >= 4 is 22.4 Å². The minimum atomic E-state index is -0.952. The van der Waals surface area contributed by atoms with Crippen LogP contribution in [0.3, 0.4) is 0 Å². The van der Waals surface area contributed by atoms with Gasteiger partial charge in [0.25, 0.3) is 0 Å². The van der Waals surface area contributed by atoms with E-state index in [1.54, 1.807) is 5.38 Å². The van der Waals surface area contributed by atoms with Crippen LogP contribution in [0.4, 0.5) is 5.13 Å². The molecule has 1 fully saturated rings. The number of thiazole rings is 1. The van der Waals surface area contributed by atoms with E-state index in [4.69, 9.17) is 5.11 Å². The number of nitrogens with zero attached hydrogens (tertiary/aromatic N) is 2. The van der Waals surface area contributed by atoms with E-state index >= 15 is 0 Å². The second-order valence-corrected chi connectivity index (χ2v) is 4.48. The molecule has 1 aliphatic rings. The molecular formula is C9H12N2O2S. The standard InChI is InChI=1S/C9H12N2O2S/c1-11(4-6-2-3-6)9-10-7(5-14-9)8(12)13/h5-6H,2-4H2,1H3,(H,12,13). The molecule has 1 saturated carbocycles. The van der Waals surface area contributed by atoms with E-state index in [1.165, 1.54) is 24.2 Å². The van der Waals surface area contributed by atoms with Gasteiger partial charge in [-0.15, -0.1) is 11.3 Å². The molecule has 1 aliphatic carbocycles. The van der Waals surface area contributed by atoms with Crippen LogP contribution in [0.25, 0.3) is 0 Å². The minimum Gasteiger partial charge on any atom is -0.476 e. The Balaban J connectivity index is 2.03. The second kappa shape index (κ2) is 3.57. The Bertz CT molecular complexity index is 346. The first-order chi connectivity index (χ1) is 6.66. The van der Waals surface area contributed by atoms with Crippen LogP contribution >= 0.6 is 11.3 Å². The van der Waals surface area contributed by atoms with Gasteiger partial charge >= 0.3 is 5.97 Å². The van der Waals surface area contributed by atoms with Gasteiger partial charge in [-0.3, -0.25) is 0 Å². The Morgan fingerprint density at radius 2 is 2.50 bits per heavy atom. The van der Waals surface area contributed by atoms with Gasteiger partial charge in [0.05, 0.1) is 0 Å². The van der Waals surface area contributed by atoms with Gasteiger partial charge in [-0.1, -0.05) is 0 Å². The van der Waals surface area contributed by atoms with Crippen molar-refractivity contribution in [1.82, 2.24) is 4.98 Å². The molecule has 0 aliphatic heterocycles. The Morgan fingerprint density at radius 1 is 1.79 bits per heavy atom. The summed E-state index contributed by atoms with van der Waals surface area (Å²) in [6.07, 6.45) is 2.59. The molecule has 1 aromatic rings. The number of aromatic carboxylic acids is 1. The molecule has 14 heavy (non-hydrogen) atoms. The average Bonchev–Trinajstić information content (AvgIpc) is 2.81. The van der Waals surface area contributed by atoms with Crippen LogP contribution in [0.5, 0.6) is 0 Å². The minimum absolute atomic E-state index is 0.146. The normalized spacial score (nSPS) is 15.5. The van der Waals surface area contributed by atoms with Gasteiger partial charge in [-0.05, 0) is 18.8 Å². The maximum Gasteiger partial charge on any atom is 0.355 e. The molecule has 0 bridgehead atoms. The van der Waals surface area contributed by atoms with Crippen molar-refractivity contribution in [3.05, 3.63) is 11.1 Å². The van der Waals surface area contributed by atoms with E-state index in [-0.39, 0.29) is 5.69 Å². The average molecular weight is 212 g/mol. The van der Waals surface area contributed by atoms with Crippen LogP contribution in [0.2, 0.25) is 0 Å². The summed E-state index contributed by atoms with van der Waals surface area (Å²) in [4.78, 5) is 16.7. The first-order valence-corrected chi connectivity index (χ1v) is 5.44. The third-order valence-corrected chi connectivity index (χ3v) is 3.22. The van der Waals surface area contributed by atoms with Crippen molar-refractivity contribution < 1.29 is 9.90 Å². The largest absolute Gasteiger partial charge is 0.476 e. The molecular weight excluding hydrogens is 200 g/mol. The molecule has 0 saturated heterocycles. The van der Waals surface area contributed by atoms with Crippen molar-refractivity contribution in [3.8, 4) is 0 Å². The molecule has 0 spiro atoms. The molecule has 76 valence electrons. The number of aromatic nitrogens is 1. The Hall–Kier alpha value is -1.10. The molecule has 1 N–H and O–H groups in total.